The first-order valence-electron chi connectivity index (χ1n) is 7.66. The summed E-state index contributed by atoms with van der Waals surface area (Å²) in [6.45, 7) is 7.20. The van der Waals surface area contributed by atoms with Gasteiger partial charge in [-0.3, -0.25) is 4.79 Å². The molecule has 0 atom stereocenters. The minimum Gasteiger partial charge on any atom is -0.342 e. The molecule has 0 unspecified atom stereocenters. The maximum Gasteiger partial charge on any atom is 0.228 e. The van der Waals surface area contributed by atoms with Crippen LogP contribution >= 0.6 is 0 Å². The number of hydrogen-bond acceptors (Lipinski definition) is 3. The van der Waals surface area contributed by atoms with Crippen molar-refractivity contribution in [3.8, 4) is 0 Å². The van der Waals surface area contributed by atoms with Gasteiger partial charge in [-0.25, -0.2) is 0 Å². The fraction of sp³-hybridized carbons (Fsp3) is 0.933. The molecule has 0 spiro atoms. The van der Waals surface area contributed by atoms with E-state index in [2.05, 4.69) is 36.1 Å². The average molecular weight is 267 g/mol. The Kier molecular flexibility index (Phi) is 4.85. The molecule has 0 aromatic carbocycles. The second-order valence-electron chi connectivity index (χ2n) is 6.81. The fourth-order valence-corrected chi connectivity index (χ4v) is 3.41. The first-order chi connectivity index (χ1) is 9.01. The van der Waals surface area contributed by atoms with Gasteiger partial charge in [0.15, 0.2) is 0 Å². The summed E-state index contributed by atoms with van der Waals surface area (Å²) in [5.41, 5.74) is -0.111. The molecule has 0 aromatic heterocycles. The molecule has 0 aliphatic carbocycles. The largest absolute Gasteiger partial charge is 0.342 e. The quantitative estimate of drug-likeness (QED) is 0.834. The summed E-state index contributed by atoms with van der Waals surface area (Å²) in [6, 6.07) is 0. The lowest BCUT2D eigenvalue weighted by Gasteiger charge is -2.40. The van der Waals surface area contributed by atoms with Crippen molar-refractivity contribution in [2.45, 2.75) is 32.6 Å². The zero-order valence-corrected chi connectivity index (χ0v) is 12.7. The van der Waals surface area contributed by atoms with Crippen molar-refractivity contribution in [3.05, 3.63) is 0 Å². The summed E-state index contributed by atoms with van der Waals surface area (Å²) in [7, 11) is 4.27. The second-order valence-corrected chi connectivity index (χ2v) is 6.81. The molecule has 1 amide bonds. The fourth-order valence-electron chi connectivity index (χ4n) is 3.41. The molecular weight excluding hydrogens is 238 g/mol. The molecule has 2 saturated heterocycles. The molecule has 2 aliphatic heterocycles. The summed E-state index contributed by atoms with van der Waals surface area (Å²) in [5, 5.41) is 3.35. The highest BCUT2D eigenvalue weighted by Crippen LogP contribution is 2.32. The van der Waals surface area contributed by atoms with Crippen molar-refractivity contribution in [3.63, 3.8) is 0 Å². The standard InChI is InChI=1S/C15H29N3O/c1-15(6-8-16-9-7-15)14(19)18-10-4-13(5-11-18)12-17(2)3/h13,16H,4-12H2,1-3H3. The highest BCUT2D eigenvalue weighted by molar-refractivity contribution is 5.82. The predicted molar refractivity (Wildman–Crippen MR) is 78.1 cm³/mol. The summed E-state index contributed by atoms with van der Waals surface area (Å²) in [5.74, 6) is 1.16. The number of nitrogens with zero attached hydrogens (tertiary/aromatic N) is 2. The summed E-state index contributed by atoms with van der Waals surface area (Å²) in [6.07, 6.45) is 4.31. The first kappa shape index (κ1) is 14.8. The Labute approximate surface area is 117 Å². The third kappa shape index (κ3) is 3.69. The van der Waals surface area contributed by atoms with Crippen LogP contribution in [0.3, 0.4) is 0 Å². The summed E-state index contributed by atoms with van der Waals surface area (Å²) in [4.78, 5) is 17.1. The SMILES string of the molecule is CN(C)CC1CCN(C(=O)C2(C)CCNCC2)CC1. The molecule has 0 aromatic rings. The first-order valence-corrected chi connectivity index (χ1v) is 7.66. The summed E-state index contributed by atoms with van der Waals surface area (Å²) >= 11 is 0. The van der Waals surface area contributed by atoms with Gasteiger partial charge in [-0.1, -0.05) is 6.92 Å². The lowest BCUT2D eigenvalue weighted by atomic mass is 9.79. The number of rotatable bonds is 3. The van der Waals surface area contributed by atoms with Crippen LogP contribution < -0.4 is 5.32 Å². The zero-order chi connectivity index (χ0) is 13.9. The molecule has 0 bridgehead atoms. The van der Waals surface area contributed by atoms with Crippen LogP contribution in [0.25, 0.3) is 0 Å². The van der Waals surface area contributed by atoms with E-state index in [0.717, 1.165) is 64.3 Å². The van der Waals surface area contributed by atoms with E-state index in [9.17, 15) is 4.79 Å². The highest BCUT2D eigenvalue weighted by atomic mass is 16.2. The van der Waals surface area contributed by atoms with Crippen LogP contribution in [0.5, 0.6) is 0 Å². The van der Waals surface area contributed by atoms with Crippen LogP contribution in [0.15, 0.2) is 0 Å². The molecule has 19 heavy (non-hydrogen) atoms. The van der Waals surface area contributed by atoms with Crippen molar-refractivity contribution in [2.24, 2.45) is 11.3 Å². The van der Waals surface area contributed by atoms with Crippen molar-refractivity contribution < 1.29 is 4.79 Å². The third-order valence-corrected chi connectivity index (χ3v) is 4.75. The molecule has 1 N–H and O–H groups in total. The Hall–Kier alpha value is -0.610. The molecule has 2 heterocycles. The topological polar surface area (TPSA) is 35.6 Å². The Morgan fingerprint density at radius 1 is 1.26 bits per heavy atom. The van der Waals surface area contributed by atoms with Gasteiger partial charge in [0.2, 0.25) is 5.91 Å². The average Bonchev–Trinajstić information content (AvgIpc) is 2.39. The second kappa shape index (κ2) is 6.23. The van der Waals surface area contributed by atoms with Gasteiger partial charge in [-0.15, -0.1) is 0 Å². The number of carbonyl (C=O) groups is 1. The predicted octanol–water partition coefficient (Wildman–Crippen LogP) is 1.18. The van der Waals surface area contributed by atoms with Crippen molar-refractivity contribution in [2.75, 3.05) is 46.8 Å². The normalized spacial score (nSPS) is 24.7. The number of piperidine rings is 2. The Morgan fingerprint density at radius 3 is 2.37 bits per heavy atom. The number of likely N-dealkylation sites (tertiary alicyclic amines) is 1. The minimum atomic E-state index is -0.111. The molecule has 0 saturated carbocycles. The van der Waals surface area contributed by atoms with Crippen molar-refractivity contribution in [1.82, 2.24) is 15.1 Å². The smallest absolute Gasteiger partial charge is 0.228 e. The van der Waals surface area contributed by atoms with E-state index in [0.29, 0.717) is 5.91 Å². The minimum absolute atomic E-state index is 0.111. The van der Waals surface area contributed by atoms with E-state index in [1.165, 1.54) is 0 Å². The molecular formula is C15H29N3O. The van der Waals surface area contributed by atoms with Crippen LogP contribution in [-0.4, -0.2) is 62.5 Å². The van der Waals surface area contributed by atoms with Gasteiger partial charge in [0, 0.05) is 25.0 Å². The maximum absolute atomic E-state index is 12.7. The van der Waals surface area contributed by atoms with Gasteiger partial charge in [-0.2, -0.15) is 0 Å². The lowest BCUT2D eigenvalue weighted by molar-refractivity contribution is -0.144. The van der Waals surface area contributed by atoms with E-state index < -0.39 is 0 Å². The molecule has 0 radical (unpaired) electrons. The van der Waals surface area contributed by atoms with E-state index in [1.54, 1.807) is 0 Å². The van der Waals surface area contributed by atoms with E-state index in [4.69, 9.17) is 0 Å². The van der Waals surface area contributed by atoms with Gasteiger partial charge in [0.1, 0.15) is 0 Å². The molecule has 2 rings (SSSR count). The van der Waals surface area contributed by atoms with Gasteiger partial charge in [-0.05, 0) is 58.8 Å². The number of carbonyl (C=O) groups excluding carboxylic acids is 1. The van der Waals surface area contributed by atoms with Crippen LogP contribution in [0, 0.1) is 11.3 Å². The van der Waals surface area contributed by atoms with Crippen LogP contribution in [0.2, 0.25) is 0 Å². The van der Waals surface area contributed by atoms with Crippen LogP contribution in [-0.2, 0) is 4.79 Å². The number of hydrogen-bond donors (Lipinski definition) is 1. The lowest BCUT2D eigenvalue weighted by Crippen LogP contribution is -2.50. The number of amides is 1. The zero-order valence-electron chi connectivity index (χ0n) is 12.7. The van der Waals surface area contributed by atoms with Gasteiger partial charge >= 0.3 is 0 Å². The molecule has 2 fully saturated rings. The van der Waals surface area contributed by atoms with E-state index in [1.807, 2.05) is 0 Å². The van der Waals surface area contributed by atoms with Gasteiger partial charge < -0.3 is 15.1 Å². The molecule has 110 valence electrons. The molecule has 4 heteroatoms. The Morgan fingerprint density at radius 2 is 1.84 bits per heavy atom. The van der Waals surface area contributed by atoms with E-state index >= 15 is 0 Å². The monoisotopic (exact) mass is 267 g/mol. The highest BCUT2D eigenvalue weighted by Gasteiger charge is 2.38. The summed E-state index contributed by atoms with van der Waals surface area (Å²) < 4.78 is 0. The number of nitrogens with one attached hydrogen (secondary N) is 1. The molecule has 2 aliphatic rings. The Balaban J connectivity index is 1.85. The van der Waals surface area contributed by atoms with E-state index in [-0.39, 0.29) is 5.41 Å². The third-order valence-electron chi connectivity index (χ3n) is 4.75. The van der Waals surface area contributed by atoms with Gasteiger partial charge in [0.05, 0.1) is 0 Å². The van der Waals surface area contributed by atoms with Gasteiger partial charge in [0.25, 0.3) is 0 Å². The maximum atomic E-state index is 12.7. The Bertz CT molecular complexity index is 303. The van der Waals surface area contributed by atoms with Crippen LogP contribution in [0.4, 0.5) is 0 Å². The molecule has 4 nitrogen and oxygen atoms in total. The van der Waals surface area contributed by atoms with Crippen molar-refractivity contribution >= 4 is 5.91 Å². The van der Waals surface area contributed by atoms with Crippen LogP contribution in [0.1, 0.15) is 32.6 Å². The van der Waals surface area contributed by atoms with Crippen molar-refractivity contribution in [1.29, 1.82) is 0 Å².